The van der Waals surface area contributed by atoms with Crippen LogP contribution in [0, 0.1) is 5.92 Å². The van der Waals surface area contributed by atoms with E-state index >= 15 is 0 Å². The standard InChI is InChI=1S/C26H28ClNO6/c1-4-5-11-18-12-23(29)33-21-14-22(20(27)13-19(18)21)34-25(30)24(16(2)3)28-26(31)32-15-17-9-7-6-8-10-17/h6-10,12-14,16,24H,4-5,11,15H2,1-3H3,(H,28,31)/t24-/m0/s1. The molecule has 1 atom stereocenters. The molecule has 3 aromatic rings. The van der Waals surface area contributed by atoms with Crippen LogP contribution in [0.5, 0.6) is 5.75 Å². The molecule has 1 N–H and O–H groups in total. The maximum Gasteiger partial charge on any atom is 0.408 e. The first kappa shape index (κ1) is 25.3. The maximum atomic E-state index is 12.9. The van der Waals surface area contributed by atoms with Crippen molar-refractivity contribution in [1.29, 1.82) is 0 Å². The van der Waals surface area contributed by atoms with Gasteiger partial charge >= 0.3 is 17.7 Å². The molecule has 2 aromatic carbocycles. The smallest absolute Gasteiger partial charge is 0.408 e. The number of rotatable bonds is 9. The summed E-state index contributed by atoms with van der Waals surface area (Å²) in [6.07, 6.45) is 1.85. The van der Waals surface area contributed by atoms with E-state index in [1.807, 2.05) is 30.3 Å². The van der Waals surface area contributed by atoms with Crippen LogP contribution in [0.1, 0.15) is 44.7 Å². The molecule has 0 saturated carbocycles. The van der Waals surface area contributed by atoms with E-state index in [9.17, 15) is 14.4 Å². The average molecular weight is 486 g/mol. The first-order chi connectivity index (χ1) is 16.3. The molecule has 3 rings (SSSR count). The van der Waals surface area contributed by atoms with Crippen molar-refractivity contribution in [2.24, 2.45) is 5.92 Å². The number of aryl methyl sites for hydroxylation is 1. The van der Waals surface area contributed by atoms with Crippen molar-refractivity contribution in [3.8, 4) is 5.75 Å². The van der Waals surface area contributed by atoms with Crippen LogP contribution >= 0.6 is 11.6 Å². The Morgan fingerprint density at radius 3 is 2.53 bits per heavy atom. The van der Waals surface area contributed by atoms with Crippen LogP contribution < -0.4 is 15.7 Å². The molecule has 0 radical (unpaired) electrons. The van der Waals surface area contributed by atoms with Crippen LogP contribution in [0.25, 0.3) is 11.0 Å². The molecule has 0 fully saturated rings. The number of nitrogens with one attached hydrogen (secondary N) is 1. The molecular formula is C26H28ClNO6. The molecule has 0 bridgehead atoms. The highest BCUT2D eigenvalue weighted by atomic mass is 35.5. The third-order valence-electron chi connectivity index (χ3n) is 5.30. The average Bonchev–Trinajstić information content (AvgIpc) is 2.81. The lowest BCUT2D eigenvalue weighted by Crippen LogP contribution is -2.46. The Morgan fingerprint density at radius 2 is 1.85 bits per heavy atom. The first-order valence-corrected chi connectivity index (χ1v) is 11.6. The number of ether oxygens (including phenoxy) is 2. The van der Waals surface area contributed by atoms with Crippen molar-refractivity contribution >= 4 is 34.6 Å². The number of benzene rings is 2. The molecule has 0 spiro atoms. The number of esters is 1. The highest BCUT2D eigenvalue weighted by Crippen LogP contribution is 2.32. The van der Waals surface area contributed by atoms with Crippen LogP contribution in [-0.2, 0) is 22.6 Å². The lowest BCUT2D eigenvalue weighted by Gasteiger charge is -2.21. The van der Waals surface area contributed by atoms with E-state index in [1.165, 1.54) is 12.1 Å². The highest BCUT2D eigenvalue weighted by Gasteiger charge is 2.28. The summed E-state index contributed by atoms with van der Waals surface area (Å²) in [5, 5.41) is 3.44. The van der Waals surface area contributed by atoms with Crippen LogP contribution in [-0.4, -0.2) is 18.1 Å². The Hall–Kier alpha value is -3.32. The van der Waals surface area contributed by atoms with E-state index in [0.717, 1.165) is 24.0 Å². The molecule has 0 saturated heterocycles. The molecule has 7 nitrogen and oxygen atoms in total. The van der Waals surface area contributed by atoms with Gasteiger partial charge in [0.1, 0.15) is 18.2 Å². The number of unbranched alkanes of at least 4 members (excludes halogenated alkanes) is 1. The molecule has 1 heterocycles. The zero-order chi connectivity index (χ0) is 24.7. The van der Waals surface area contributed by atoms with Gasteiger partial charge in [-0.3, -0.25) is 0 Å². The van der Waals surface area contributed by atoms with Gasteiger partial charge in [-0.1, -0.05) is 69.1 Å². The van der Waals surface area contributed by atoms with E-state index in [4.69, 9.17) is 25.5 Å². The van der Waals surface area contributed by atoms with Gasteiger partial charge in [0.05, 0.1) is 5.02 Å². The monoisotopic (exact) mass is 485 g/mol. The molecule has 0 aliphatic carbocycles. The Bertz CT molecular complexity index is 1210. The minimum atomic E-state index is -0.974. The minimum absolute atomic E-state index is 0.0417. The predicted octanol–water partition coefficient (Wildman–Crippen LogP) is 5.65. The Kier molecular flexibility index (Phi) is 8.71. The van der Waals surface area contributed by atoms with Gasteiger partial charge in [-0.25, -0.2) is 14.4 Å². The summed E-state index contributed by atoms with van der Waals surface area (Å²) in [6, 6.07) is 12.7. The summed E-state index contributed by atoms with van der Waals surface area (Å²) in [4.78, 5) is 37.2. The third-order valence-corrected chi connectivity index (χ3v) is 5.59. The van der Waals surface area contributed by atoms with Gasteiger partial charge < -0.3 is 19.2 Å². The molecule has 1 aromatic heterocycles. The number of amides is 1. The van der Waals surface area contributed by atoms with Gasteiger partial charge in [-0.2, -0.15) is 0 Å². The van der Waals surface area contributed by atoms with Gasteiger partial charge in [-0.05, 0) is 36.0 Å². The summed E-state index contributed by atoms with van der Waals surface area (Å²) in [6.45, 7) is 5.67. The second-order valence-electron chi connectivity index (χ2n) is 8.32. The van der Waals surface area contributed by atoms with E-state index in [2.05, 4.69) is 12.2 Å². The zero-order valence-electron chi connectivity index (χ0n) is 19.4. The van der Waals surface area contributed by atoms with Gasteiger partial charge in [0.15, 0.2) is 5.75 Å². The number of carbonyl (C=O) groups is 2. The number of hydrogen-bond acceptors (Lipinski definition) is 6. The molecule has 0 unspecified atom stereocenters. The van der Waals surface area contributed by atoms with Crippen molar-refractivity contribution in [2.45, 2.75) is 52.7 Å². The predicted molar refractivity (Wildman–Crippen MR) is 130 cm³/mol. The van der Waals surface area contributed by atoms with E-state index in [1.54, 1.807) is 19.9 Å². The van der Waals surface area contributed by atoms with E-state index in [0.29, 0.717) is 11.8 Å². The number of fused-ring (bicyclic) bond motifs is 1. The van der Waals surface area contributed by atoms with Crippen LogP contribution in [0.2, 0.25) is 5.02 Å². The Morgan fingerprint density at radius 1 is 1.12 bits per heavy atom. The quantitative estimate of drug-likeness (QED) is 0.239. The lowest BCUT2D eigenvalue weighted by atomic mass is 10.0. The summed E-state index contributed by atoms with van der Waals surface area (Å²) in [5.74, 6) is -0.952. The molecule has 1 amide bonds. The Labute approximate surface area is 203 Å². The SMILES string of the molecule is CCCCc1cc(=O)oc2cc(OC(=O)[C@@H](NC(=O)OCc3ccccc3)C(C)C)c(Cl)cc12. The van der Waals surface area contributed by atoms with Crippen LogP contribution in [0.15, 0.2) is 57.7 Å². The minimum Gasteiger partial charge on any atom is -0.445 e. The van der Waals surface area contributed by atoms with Crippen LogP contribution in [0.4, 0.5) is 4.79 Å². The molecule has 34 heavy (non-hydrogen) atoms. The molecule has 8 heteroatoms. The van der Waals surface area contributed by atoms with Crippen molar-refractivity contribution in [3.05, 3.63) is 75.1 Å². The molecule has 0 aliphatic heterocycles. The first-order valence-electron chi connectivity index (χ1n) is 11.2. The van der Waals surface area contributed by atoms with Gasteiger partial charge in [-0.15, -0.1) is 0 Å². The summed E-state index contributed by atoms with van der Waals surface area (Å²) >= 11 is 6.39. The van der Waals surface area contributed by atoms with Gasteiger partial charge in [0.25, 0.3) is 0 Å². The number of halogens is 1. The summed E-state index contributed by atoms with van der Waals surface area (Å²) < 4.78 is 16.0. The third kappa shape index (κ3) is 6.60. The zero-order valence-corrected chi connectivity index (χ0v) is 20.2. The Balaban J connectivity index is 1.74. The molecular weight excluding hydrogens is 458 g/mol. The molecule has 180 valence electrons. The van der Waals surface area contributed by atoms with Crippen molar-refractivity contribution in [3.63, 3.8) is 0 Å². The lowest BCUT2D eigenvalue weighted by molar-refractivity contribution is -0.137. The fraction of sp³-hybridized carbons (Fsp3) is 0.346. The van der Waals surface area contributed by atoms with E-state index < -0.39 is 23.7 Å². The fourth-order valence-electron chi connectivity index (χ4n) is 3.44. The van der Waals surface area contributed by atoms with Gasteiger partial charge in [0, 0.05) is 17.5 Å². The molecule has 0 aliphatic rings. The van der Waals surface area contributed by atoms with E-state index in [-0.39, 0.29) is 28.9 Å². The number of carbonyl (C=O) groups excluding carboxylic acids is 2. The van der Waals surface area contributed by atoms with Crippen molar-refractivity contribution in [1.82, 2.24) is 5.32 Å². The number of hydrogen-bond donors (Lipinski definition) is 1. The van der Waals surface area contributed by atoms with Crippen molar-refractivity contribution < 1.29 is 23.5 Å². The second-order valence-corrected chi connectivity index (χ2v) is 8.73. The second kappa shape index (κ2) is 11.7. The highest BCUT2D eigenvalue weighted by molar-refractivity contribution is 6.33. The van der Waals surface area contributed by atoms with Gasteiger partial charge in [0.2, 0.25) is 0 Å². The largest absolute Gasteiger partial charge is 0.445 e. The maximum absolute atomic E-state index is 12.9. The van der Waals surface area contributed by atoms with Crippen molar-refractivity contribution in [2.75, 3.05) is 0 Å². The van der Waals surface area contributed by atoms with Crippen LogP contribution in [0.3, 0.4) is 0 Å². The summed E-state index contributed by atoms with van der Waals surface area (Å²) in [5.41, 5.74) is 1.45. The summed E-state index contributed by atoms with van der Waals surface area (Å²) in [7, 11) is 0. The normalized spacial score (nSPS) is 11.9. The topological polar surface area (TPSA) is 94.8 Å². The fourth-order valence-corrected chi connectivity index (χ4v) is 3.64. The number of alkyl carbamates (subject to hydrolysis) is 1.